The van der Waals surface area contributed by atoms with Crippen molar-refractivity contribution in [3.8, 4) is 0 Å². The smallest absolute Gasteiger partial charge is 0.0758 e. The second-order valence-electron chi connectivity index (χ2n) is 3.68. The lowest BCUT2D eigenvalue weighted by molar-refractivity contribution is 0.715. The third kappa shape index (κ3) is 2.62. The van der Waals surface area contributed by atoms with Gasteiger partial charge >= 0.3 is 0 Å². The highest BCUT2D eigenvalue weighted by Crippen LogP contribution is 2.14. The summed E-state index contributed by atoms with van der Waals surface area (Å²) >= 11 is 0. The van der Waals surface area contributed by atoms with E-state index >= 15 is 0 Å². The van der Waals surface area contributed by atoms with Crippen LogP contribution < -0.4 is 5.32 Å². The highest BCUT2D eigenvalue weighted by atomic mass is 15.3. The molecule has 0 saturated carbocycles. The molecule has 14 heavy (non-hydrogen) atoms. The van der Waals surface area contributed by atoms with Gasteiger partial charge in [0.1, 0.15) is 0 Å². The van der Waals surface area contributed by atoms with Gasteiger partial charge in [0, 0.05) is 13.1 Å². The minimum Gasteiger partial charge on any atom is -0.380 e. The molecular weight excluding hydrogens is 174 g/mol. The number of aryl methyl sites for hydroxylation is 1. The van der Waals surface area contributed by atoms with E-state index in [0.29, 0.717) is 6.04 Å². The molecule has 3 nitrogen and oxygen atoms in total. The van der Waals surface area contributed by atoms with Crippen molar-refractivity contribution < 1.29 is 0 Å². The third-order valence-electron chi connectivity index (χ3n) is 2.44. The van der Waals surface area contributed by atoms with Crippen molar-refractivity contribution in [3.05, 3.63) is 24.5 Å². The minimum atomic E-state index is 0.468. The van der Waals surface area contributed by atoms with E-state index in [1.807, 2.05) is 24.0 Å². The molecule has 0 saturated heterocycles. The molecule has 3 heteroatoms. The van der Waals surface area contributed by atoms with E-state index in [0.717, 1.165) is 18.5 Å². The highest BCUT2D eigenvalue weighted by Gasteiger charge is 2.06. The van der Waals surface area contributed by atoms with Crippen molar-refractivity contribution in [2.45, 2.75) is 32.7 Å². The number of nitrogens with zero attached hydrogens (tertiary/aromatic N) is 2. The maximum Gasteiger partial charge on any atom is 0.0758 e. The number of allylic oxidation sites excluding steroid dienone is 1. The number of nitrogens with one attached hydrogen (secondary N) is 1. The van der Waals surface area contributed by atoms with Gasteiger partial charge in [0.25, 0.3) is 0 Å². The molecule has 1 aromatic heterocycles. The van der Waals surface area contributed by atoms with Crippen molar-refractivity contribution in [3.63, 3.8) is 0 Å². The first kappa shape index (κ1) is 10.8. The average Bonchev–Trinajstić information content (AvgIpc) is 2.46. The van der Waals surface area contributed by atoms with Gasteiger partial charge in [0.05, 0.1) is 17.6 Å². The molecular formula is C11H19N3. The Morgan fingerprint density at radius 1 is 1.71 bits per heavy atom. The Balaban J connectivity index is 2.51. The van der Waals surface area contributed by atoms with E-state index in [1.54, 1.807) is 0 Å². The first-order valence-electron chi connectivity index (χ1n) is 5.01. The van der Waals surface area contributed by atoms with Crippen LogP contribution in [0, 0.1) is 6.92 Å². The molecule has 0 spiro atoms. The van der Waals surface area contributed by atoms with Gasteiger partial charge in [-0.15, -0.1) is 6.58 Å². The van der Waals surface area contributed by atoms with E-state index in [1.165, 1.54) is 5.69 Å². The maximum atomic E-state index is 4.18. The van der Waals surface area contributed by atoms with Crippen LogP contribution >= 0.6 is 0 Å². The van der Waals surface area contributed by atoms with Crippen LogP contribution in [0.15, 0.2) is 18.9 Å². The van der Waals surface area contributed by atoms with Crippen LogP contribution in [0.2, 0.25) is 0 Å². The van der Waals surface area contributed by atoms with E-state index in [4.69, 9.17) is 0 Å². The standard InChI is InChI=1S/C11H19N3/c1-5-6-7-9(2)13-11-8-12-14(4)10(11)3/h5,8-9,13H,1,6-7H2,2-4H3. The molecule has 1 rings (SSSR count). The Kier molecular flexibility index (Phi) is 3.74. The first-order chi connectivity index (χ1) is 6.65. The summed E-state index contributed by atoms with van der Waals surface area (Å²) < 4.78 is 1.88. The number of anilines is 1. The predicted molar refractivity (Wildman–Crippen MR) is 60.5 cm³/mol. The summed E-state index contributed by atoms with van der Waals surface area (Å²) in [6.45, 7) is 7.96. The minimum absolute atomic E-state index is 0.468. The van der Waals surface area contributed by atoms with Crippen LogP contribution in [0.1, 0.15) is 25.5 Å². The lowest BCUT2D eigenvalue weighted by Gasteiger charge is -2.13. The highest BCUT2D eigenvalue weighted by molar-refractivity contribution is 5.46. The van der Waals surface area contributed by atoms with Crippen molar-refractivity contribution in [1.29, 1.82) is 0 Å². The van der Waals surface area contributed by atoms with E-state index in [9.17, 15) is 0 Å². The van der Waals surface area contributed by atoms with Gasteiger partial charge in [-0.05, 0) is 26.7 Å². The van der Waals surface area contributed by atoms with E-state index in [-0.39, 0.29) is 0 Å². The maximum absolute atomic E-state index is 4.18. The van der Waals surface area contributed by atoms with E-state index < -0.39 is 0 Å². The fourth-order valence-electron chi connectivity index (χ4n) is 1.35. The normalized spacial score (nSPS) is 12.5. The molecule has 0 aliphatic heterocycles. The second-order valence-corrected chi connectivity index (χ2v) is 3.68. The third-order valence-corrected chi connectivity index (χ3v) is 2.44. The number of rotatable bonds is 5. The molecule has 0 aromatic carbocycles. The summed E-state index contributed by atoms with van der Waals surface area (Å²) in [6, 6.07) is 0.468. The summed E-state index contributed by atoms with van der Waals surface area (Å²) in [5, 5.41) is 7.62. The summed E-state index contributed by atoms with van der Waals surface area (Å²) in [4.78, 5) is 0. The monoisotopic (exact) mass is 193 g/mol. The lowest BCUT2D eigenvalue weighted by atomic mass is 10.2. The molecule has 78 valence electrons. The largest absolute Gasteiger partial charge is 0.380 e. The number of aromatic nitrogens is 2. The second kappa shape index (κ2) is 4.84. The zero-order chi connectivity index (χ0) is 10.6. The molecule has 0 fully saturated rings. The average molecular weight is 193 g/mol. The lowest BCUT2D eigenvalue weighted by Crippen LogP contribution is -2.14. The summed E-state index contributed by atoms with van der Waals surface area (Å²) in [6.07, 6.45) is 5.99. The van der Waals surface area contributed by atoms with Crippen molar-refractivity contribution in [2.75, 3.05) is 5.32 Å². The van der Waals surface area contributed by atoms with Crippen molar-refractivity contribution in [1.82, 2.24) is 9.78 Å². The molecule has 1 aromatic rings. The van der Waals surface area contributed by atoms with Crippen LogP contribution in [0.3, 0.4) is 0 Å². The van der Waals surface area contributed by atoms with Gasteiger partial charge in [-0.3, -0.25) is 4.68 Å². The van der Waals surface area contributed by atoms with Crippen LogP contribution in [0.4, 0.5) is 5.69 Å². The van der Waals surface area contributed by atoms with Crippen molar-refractivity contribution >= 4 is 5.69 Å². The first-order valence-corrected chi connectivity index (χ1v) is 5.01. The summed E-state index contributed by atoms with van der Waals surface area (Å²) in [5.74, 6) is 0. The fraction of sp³-hybridized carbons (Fsp3) is 0.545. The Morgan fingerprint density at radius 3 is 2.93 bits per heavy atom. The molecule has 0 amide bonds. The van der Waals surface area contributed by atoms with Gasteiger partial charge in [-0.1, -0.05) is 6.08 Å². The molecule has 0 aliphatic rings. The van der Waals surface area contributed by atoms with Crippen molar-refractivity contribution in [2.24, 2.45) is 7.05 Å². The van der Waals surface area contributed by atoms with Gasteiger partial charge in [0.15, 0.2) is 0 Å². The SMILES string of the molecule is C=CCCC(C)Nc1cnn(C)c1C. The van der Waals surface area contributed by atoms with Gasteiger partial charge in [-0.25, -0.2) is 0 Å². The van der Waals surface area contributed by atoms with Crippen LogP contribution in [-0.2, 0) is 7.05 Å². The summed E-state index contributed by atoms with van der Waals surface area (Å²) in [7, 11) is 1.95. The van der Waals surface area contributed by atoms with E-state index in [2.05, 4.69) is 30.8 Å². The Bertz CT molecular complexity index is 301. The Labute approximate surface area is 85.8 Å². The molecule has 0 aliphatic carbocycles. The topological polar surface area (TPSA) is 29.9 Å². The van der Waals surface area contributed by atoms with Crippen LogP contribution in [0.5, 0.6) is 0 Å². The molecule has 0 bridgehead atoms. The number of hydrogen-bond donors (Lipinski definition) is 1. The van der Waals surface area contributed by atoms with Crippen LogP contribution in [0.25, 0.3) is 0 Å². The van der Waals surface area contributed by atoms with Crippen LogP contribution in [-0.4, -0.2) is 15.8 Å². The summed E-state index contributed by atoms with van der Waals surface area (Å²) in [5.41, 5.74) is 2.31. The Morgan fingerprint density at radius 2 is 2.43 bits per heavy atom. The molecule has 1 atom stereocenters. The molecule has 1 heterocycles. The fourth-order valence-corrected chi connectivity index (χ4v) is 1.35. The number of hydrogen-bond acceptors (Lipinski definition) is 2. The van der Waals surface area contributed by atoms with Gasteiger partial charge in [-0.2, -0.15) is 5.10 Å². The van der Waals surface area contributed by atoms with Gasteiger partial charge in [0.2, 0.25) is 0 Å². The van der Waals surface area contributed by atoms with Gasteiger partial charge < -0.3 is 5.32 Å². The molecule has 1 unspecified atom stereocenters. The zero-order valence-corrected chi connectivity index (χ0v) is 9.25. The predicted octanol–water partition coefficient (Wildman–Crippen LogP) is 2.50. The zero-order valence-electron chi connectivity index (χ0n) is 9.25. The molecule has 1 N–H and O–H groups in total. The molecule has 0 radical (unpaired) electrons. The Hall–Kier alpha value is -1.25. The quantitative estimate of drug-likeness (QED) is 0.728.